The van der Waals surface area contributed by atoms with Crippen LogP contribution in [-0.2, 0) is 0 Å². The molecule has 0 unspecified atom stereocenters. The van der Waals surface area contributed by atoms with E-state index in [1.54, 1.807) is 0 Å². The van der Waals surface area contributed by atoms with Gasteiger partial charge in [0.05, 0.1) is 44.8 Å². The van der Waals surface area contributed by atoms with E-state index in [2.05, 4.69) is 149 Å². The summed E-state index contributed by atoms with van der Waals surface area (Å²) in [6, 6.07) is 37.7. The lowest BCUT2D eigenvalue weighted by Crippen LogP contribution is -2.15. The smallest absolute Gasteiger partial charge is 0.0973 e. The molecule has 0 aliphatic heterocycles. The Bertz CT molecular complexity index is 2280. The fourth-order valence-electron chi connectivity index (χ4n) is 6.53. The van der Waals surface area contributed by atoms with Gasteiger partial charge in [0.25, 0.3) is 0 Å². The minimum atomic E-state index is 0.398. The van der Waals surface area contributed by atoms with Gasteiger partial charge in [-0.05, 0) is 97.5 Å². The van der Waals surface area contributed by atoms with Gasteiger partial charge in [-0.3, -0.25) is 0 Å². The van der Waals surface area contributed by atoms with Crippen LogP contribution in [0.3, 0.4) is 0 Å². The number of rotatable bonds is 5. The molecule has 1 aliphatic rings. The van der Waals surface area contributed by atoms with E-state index in [0.717, 1.165) is 112 Å². The molecular weight excluding hydrogens is 856 g/mol. The van der Waals surface area contributed by atoms with Gasteiger partial charge < -0.3 is 0 Å². The summed E-state index contributed by atoms with van der Waals surface area (Å²) in [7, 11) is 0. The molecule has 8 heteroatoms. The van der Waals surface area contributed by atoms with Crippen LogP contribution >= 0.6 is 63.7 Å². The van der Waals surface area contributed by atoms with Gasteiger partial charge in [0, 0.05) is 40.9 Å². The zero-order valence-corrected chi connectivity index (χ0v) is 32.0. The fraction of sp³-hybridized carbons (Fsp3) is 0.150. The Morgan fingerprint density at radius 2 is 0.771 bits per heavy atom. The first-order valence-electron chi connectivity index (χ1n) is 15.9. The minimum Gasteiger partial charge on any atom is -0.249 e. The molecule has 0 saturated heterocycles. The first-order valence-corrected chi connectivity index (χ1v) is 19.2. The van der Waals surface area contributed by atoms with Crippen LogP contribution in [0.4, 0.5) is 0 Å². The van der Waals surface area contributed by atoms with Gasteiger partial charge in [0.1, 0.15) is 0 Å². The average molecular weight is 884 g/mol. The van der Waals surface area contributed by atoms with Gasteiger partial charge in [0.2, 0.25) is 0 Å². The Balaban J connectivity index is 1.23. The van der Waals surface area contributed by atoms with Gasteiger partial charge in [-0.25, -0.2) is 19.9 Å². The fourth-order valence-corrected chi connectivity index (χ4v) is 7.85. The lowest BCUT2D eigenvalue weighted by molar-refractivity contribution is 0.450. The quantitative estimate of drug-likeness (QED) is 0.162. The molecule has 1 fully saturated rings. The number of nitrogens with zero attached hydrogens (tertiary/aromatic N) is 4. The molecule has 0 bridgehead atoms. The van der Waals surface area contributed by atoms with Crippen molar-refractivity contribution in [2.45, 2.75) is 36.4 Å². The van der Waals surface area contributed by atoms with Crippen molar-refractivity contribution in [1.29, 1.82) is 0 Å². The molecule has 1 aliphatic carbocycles. The predicted octanol–water partition coefficient (Wildman–Crippen LogP) is 12.9. The van der Waals surface area contributed by atoms with E-state index < -0.39 is 0 Å². The van der Waals surface area contributed by atoms with Gasteiger partial charge in [-0.1, -0.05) is 112 Å². The second kappa shape index (κ2) is 13.5. The number of alkyl halides is 1. The second-order valence-electron chi connectivity index (χ2n) is 12.3. The highest BCUT2D eigenvalue weighted by molar-refractivity contribution is 9.11. The summed E-state index contributed by atoms with van der Waals surface area (Å²) in [5.74, 6) is 0.398. The largest absolute Gasteiger partial charge is 0.249 e. The Morgan fingerprint density at radius 1 is 0.396 bits per heavy atom. The van der Waals surface area contributed by atoms with Gasteiger partial charge in [0.15, 0.2) is 0 Å². The van der Waals surface area contributed by atoms with E-state index in [9.17, 15) is 0 Å². The Labute approximate surface area is 313 Å². The summed E-state index contributed by atoms with van der Waals surface area (Å²) in [5, 5.41) is 0. The van der Waals surface area contributed by atoms with E-state index in [0.29, 0.717) is 10.7 Å². The second-order valence-corrected chi connectivity index (χ2v) is 16.3. The van der Waals surface area contributed by atoms with Crippen molar-refractivity contribution in [2.24, 2.45) is 0 Å². The van der Waals surface area contributed by atoms with Gasteiger partial charge in [-0.15, -0.1) is 0 Å². The van der Waals surface area contributed by atoms with E-state index >= 15 is 0 Å². The van der Waals surface area contributed by atoms with Crippen LogP contribution in [0.15, 0.2) is 123 Å². The van der Waals surface area contributed by atoms with Gasteiger partial charge >= 0.3 is 0 Å². The molecule has 236 valence electrons. The van der Waals surface area contributed by atoms with Crippen LogP contribution in [0.5, 0.6) is 0 Å². The Hall–Kier alpha value is -3.30. The van der Waals surface area contributed by atoms with Crippen LogP contribution < -0.4 is 0 Å². The SMILES string of the molecule is Brc1ccc(-c2nc3ccc(-c4ccc5nc(C6CCC(Br)CC6)c(-c6ccc(Br)cc6)nc5c4)cc3nc2-c2ccc(Br)cc2)cc1. The molecule has 0 amide bonds. The molecule has 2 aromatic heterocycles. The maximum atomic E-state index is 5.31. The van der Waals surface area contributed by atoms with Crippen LogP contribution in [0, 0.1) is 0 Å². The van der Waals surface area contributed by atoms with Crippen molar-refractivity contribution in [3.05, 3.63) is 128 Å². The molecule has 4 nitrogen and oxygen atoms in total. The van der Waals surface area contributed by atoms with E-state index in [4.69, 9.17) is 19.9 Å². The molecule has 48 heavy (non-hydrogen) atoms. The third kappa shape index (κ3) is 6.52. The molecule has 7 aromatic rings. The van der Waals surface area contributed by atoms with Crippen molar-refractivity contribution in [1.82, 2.24) is 19.9 Å². The van der Waals surface area contributed by atoms with Crippen LogP contribution in [-0.4, -0.2) is 24.8 Å². The third-order valence-corrected chi connectivity index (χ3v) is 11.6. The van der Waals surface area contributed by atoms with Crippen molar-refractivity contribution >= 4 is 85.8 Å². The lowest BCUT2D eigenvalue weighted by Gasteiger charge is -2.26. The number of hydrogen-bond donors (Lipinski definition) is 0. The molecule has 2 heterocycles. The van der Waals surface area contributed by atoms with Crippen molar-refractivity contribution < 1.29 is 0 Å². The summed E-state index contributed by atoms with van der Waals surface area (Å²) >= 11 is 14.6. The first-order chi connectivity index (χ1) is 23.4. The summed E-state index contributed by atoms with van der Waals surface area (Å²) < 4.78 is 3.10. The normalized spacial score (nSPS) is 16.4. The summed E-state index contributed by atoms with van der Waals surface area (Å²) in [6.45, 7) is 0. The molecule has 0 spiro atoms. The summed E-state index contributed by atoms with van der Waals surface area (Å²) in [4.78, 5) is 21.6. The highest BCUT2D eigenvalue weighted by Crippen LogP contribution is 2.40. The van der Waals surface area contributed by atoms with E-state index in [1.165, 1.54) is 0 Å². The third-order valence-electron chi connectivity index (χ3n) is 9.09. The molecule has 8 rings (SSSR count). The van der Waals surface area contributed by atoms with Crippen LogP contribution in [0.1, 0.15) is 37.3 Å². The zero-order valence-electron chi connectivity index (χ0n) is 25.7. The highest BCUT2D eigenvalue weighted by atomic mass is 79.9. The van der Waals surface area contributed by atoms with Crippen molar-refractivity contribution in [3.63, 3.8) is 0 Å². The molecule has 0 N–H and O–H groups in total. The van der Waals surface area contributed by atoms with Crippen LogP contribution in [0.2, 0.25) is 0 Å². The molecule has 1 saturated carbocycles. The van der Waals surface area contributed by atoms with E-state index in [-0.39, 0.29) is 0 Å². The summed E-state index contributed by atoms with van der Waals surface area (Å²) in [5.41, 5.74) is 12.5. The van der Waals surface area contributed by atoms with Crippen molar-refractivity contribution in [3.8, 4) is 44.9 Å². The molecular formula is C40H28Br4N4. The molecule has 0 radical (unpaired) electrons. The Morgan fingerprint density at radius 3 is 1.25 bits per heavy atom. The first kappa shape index (κ1) is 31.9. The predicted molar refractivity (Wildman–Crippen MR) is 211 cm³/mol. The number of hydrogen-bond acceptors (Lipinski definition) is 4. The molecule has 0 atom stereocenters. The topological polar surface area (TPSA) is 51.6 Å². The maximum absolute atomic E-state index is 5.31. The van der Waals surface area contributed by atoms with Crippen LogP contribution in [0.25, 0.3) is 67.0 Å². The number of aromatic nitrogens is 4. The minimum absolute atomic E-state index is 0.398. The Kier molecular flexibility index (Phi) is 9.01. The monoisotopic (exact) mass is 880 g/mol. The van der Waals surface area contributed by atoms with E-state index in [1.807, 2.05) is 24.3 Å². The standard InChI is InChI=1S/C40H28Br4N4/c41-29-11-1-23(2-12-29)37-39(25-5-15-31(43)16-6-25)47-35-21-27(9-19-33(35)45-37)28-10-20-34-36(22-28)48-40(26-7-17-32(44)18-8-26)38(46-34)24-3-13-30(42)14-4-24/h1-2,5-12,15-22,24,30H,3-4,13-14H2. The number of halogens is 4. The average Bonchev–Trinajstić information content (AvgIpc) is 3.11. The summed E-state index contributed by atoms with van der Waals surface area (Å²) in [6.07, 6.45) is 4.54. The lowest BCUT2D eigenvalue weighted by atomic mass is 9.85. The maximum Gasteiger partial charge on any atom is 0.0973 e. The van der Waals surface area contributed by atoms with Crippen molar-refractivity contribution in [2.75, 3.05) is 0 Å². The number of fused-ring (bicyclic) bond motifs is 2. The zero-order chi connectivity index (χ0) is 32.8. The number of benzene rings is 5. The molecule has 5 aromatic carbocycles. The van der Waals surface area contributed by atoms with Gasteiger partial charge in [-0.2, -0.15) is 0 Å². The highest BCUT2D eigenvalue weighted by Gasteiger charge is 2.26.